The summed E-state index contributed by atoms with van der Waals surface area (Å²) in [6, 6.07) is 7.78. The second-order valence-electron chi connectivity index (χ2n) is 6.72. The molecule has 1 aromatic carbocycles. The summed E-state index contributed by atoms with van der Waals surface area (Å²) in [5.74, 6) is 1.51. The Kier molecular flexibility index (Phi) is 6.30. The Morgan fingerprint density at radius 2 is 2.00 bits per heavy atom. The Labute approximate surface area is 177 Å². The topological polar surface area (TPSA) is 123 Å². The van der Waals surface area contributed by atoms with Gasteiger partial charge in [0.25, 0.3) is 0 Å². The number of aliphatic hydroxyl groups excluding tert-OH is 3. The normalized spacial score (nSPS) is 24.1. The summed E-state index contributed by atoms with van der Waals surface area (Å²) >= 11 is 1.53. The van der Waals surface area contributed by atoms with Gasteiger partial charge < -0.3 is 24.8 Å². The molecule has 0 amide bonds. The van der Waals surface area contributed by atoms with Crippen LogP contribution in [0.1, 0.15) is 11.8 Å². The number of hydrogen-bond acceptors (Lipinski definition) is 9. The summed E-state index contributed by atoms with van der Waals surface area (Å²) in [4.78, 5) is 8.59. The molecule has 158 valence electrons. The molecule has 0 spiro atoms. The lowest BCUT2D eigenvalue weighted by Gasteiger charge is -2.15. The zero-order valence-electron chi connectivity index (χ0n) is 16.2. The van der Waals surface area contributed by atoms with E-state index in [-0.39, 0.29) is 0 Å². The minimum atomic E-state index is -1.22. The molecule has 4 rings (SSSR count). The van der Waals surface area contributed by atoms with Gasteiger partial charge >= 0.3 is 0 Å². The zero-order chi connectivity index (χ0) is 21.1. The lowest BCUT2D eigenvalue weighted by Crippen LogP contribution is -2.33. The van der Waals surface area contributed by atoms with E-state index in [1.807, 2.05) is 36.4 Å². The monoisotopic (exact) mass is 430 g/mol. The van der Waals surface area contributed by atoms with Gasteiger partial charge in [-0.2, -0.15) is 5.10 Å². The Bertz CT molecular complexity index is 1030. The first-order valence-corrected chi connectivity index (χ1v) is 10.3. The molecule has 1 aliphatic rings. The van der Waals surface area contributed by atoms with Crippen molar-refractivity contribution in [3.63, 3.8) is 0 Å². The van der Waals surface area contributed by atoms with Gasteiger partial charge in [-0.25, -0.2) is 14.6 Å². The number of fused-ring (bicyclic) bond motifs is 1. The number of ether oxygens (including phenoxy) is 2. The van der Waals surface area contributed by atoms with E-state index in [4.69, 9.17) is 9.47 Å². The van der Waals surface area contributed by atoms with Crippen LogP contribution in [0.15, 0.2) is 47.9 Å². The van der Waals surface area contributed by atoms with E-state index >= 15 is 0 Å². The van der Waals surface area contributed by atoms with Crippen molar-refractivity contribution in [2.24, 2.45) is 0 Å². The van der Waals surface area contributed by atoms with E-state index in [1.54, 1.807) is 13.3 Å². The van der Waals surface area contributed by atoms with Crippen molar-refractivity contribution < 1.29 is 24.8 Å². The zero-order valence-corrected chi connectivity index (χ0v) is 17.0. The molecule has 3 aromatic rings. The maximum Gasteiger partial charge on any atom is 0.181 e. The second-order valence-corrected chi connectivity index (χ2v) is 7.73. The molecule has 3 heterocycles. The van der Waals surface area contributed by atoms with Gasteiger partial charge in [-0.15, -0.1) is 11.8 Å². The number of aliphatic hydroxyl groups is 3. The van der Waals surface area contributed by atoms with Crippen molar-refractivity contribution in [3.05, 3.63) is 48.4 Å². The van der Waals surface area contributed by atoms with Crippen molar-refractivity contribution in [1.82, 2.24) is 19.7 Å². The van der Waals surface area contributed by atoms with Gasteiger partial charge in [-0.1, -0.05) is 24.3 Å². The highest BCUT2D eigenvalue weighted by molar-refractivity contribution is 7.99. The van der Waals surface area contributed by atoms with Gasteiger partial charge in [0.05, 0.1) is 25.3 Å². The fourth-order valence-corrected chi connectivity index (χ4v) is 4.02. The van der Waals surface area contributed by atoms with E-state index in [0.29, 0.717) is 11.4 Å². The molecule has 1 unspecified atom stereocenters. The first kappa shape index (κ1) is 20.8. The molecule has 1 aliphatic heterocycles. The molecule has 10 heteroatoms. The van der Waals surface area contributed by atoms with Crippen LogP contribution >= 0.6 is 11.8 Å². The van der Waals surface area contributed by atoms with Crippen molar-refractivity contribution in [3.8, 4) is 5.75 Å². The van der Waals surface area contributed by atoms with Gasteiger partial charge in [-0.3, -0.25) is 0 Å². The number of benzene rings is 1. The van der Waals surface area contributed by atoms with E-state index in [9.17, 15) is 15.3 Å². The molecule has 30 heavy (non-hydrogen) atoms. The van der Waals surface area contributed by atoms with Crippen LogP contribution < -0.4 is 4.74 Å². The third-order valence-corrected chi connectivity index (χ3v) is 5.81. The molecule has 0 bridgehead atoms. The van der Waals surface area contributed by atoms with Gasteiger partial charge in [0, 0.05) is 5.75 Å². The average molecular weight is 430 g/mol. The van der Waals surface area contributed by atoms with E-state index in [2.05, 4.69) is 15.1 Å². The van der Waals surface area contributed by atoms with Crippen molar-refractivity contribution in [2.45, 2.75) is 29.6 Å². The van der Waals surface area contributed by atoms with Gasteiger partial charge in [0.2, 0.25) is 0 Å². The fraction of sp³-hybridized carbons (Fsp3) is 0.350. The van der Waals surface area contributed by atoms with Crippen molar-refractivity contribution in [2.75, 3.05) is 19.5 Å². The molecule has 4 atom stereocenters. The molecule has 2 aromatic heterocycles. The van der Waals surface area contributed by atoms with Crippen LogP contribution in [0.4, 0.5) is 0 Å². The first-order chi connectivity index (χ1) is 14.6. The number of aromatic nitrogens is 4. The number of thioether (sulfide) groups is 1. The van der Waals surface area contributed by atoms with Gasteiger partial charge in [-0.05, 0) is 17.7 Å². The molecular weight excluding hydrogens is 408 g/mol. The first-order valence-electron chi connectivity index (χ1n) is 9.36. The number of nitrogens with zero attached hydrogens (tertiary/aromatic N) is 4. The fourth-order valence-electron chi connectivity index (χ4n) is 3.25. The lowest BCUT2D eigenvalue weighted by molar-refractivity contribution is -0.0566. The Morgan fingerprint density at radius 1 is 1.20 bits per heavy atom. The summed E-state index contributed by atoms with van der Waals surface area (Å²) in [6.45, 7) is -0.398. The maximum atomic E-state index is 10.3. The number of hydrogen-bond donors (Lipinski definition) is 3. The van der Waals surface area contributed by atoms with Crippen LogP contribution in [-0.2, 0) is 4.74 Å². The maximum absolute atomic E-state index is 10.3. The van der Waals surface area contributed by atoms with E-state index < -0.39 is 31.1 Å². The van der Waals surface area contributed by atoms with E-state index in [0.717, 1.165) is 21.7 Å². The molecule has 0 radical (unpaired) electrons. The van der Waals surface area contributed by atoms with Gasteiger partial charge in [0.1, 0.15) is 35.4 Å². The molecule has 0 saturated carbocycles. The van der Waals surface area contributed by atoms with Crippen LogP contribution in [0.3, 0.4) is 0 Å². The van der Waals surface area contributed by atoms with Crippen molar-refractivity contribution >= 4 is 28.9 Å². The Morgan fingerprint density at radius 3 is 2.70 bits per heavy atom. The predicted octanol–water partition coefficient (Wildman–Crippen LogP) is 1.25. The SMILES string of the molecule is COc1ccc(/C=C/CSc2ncnc3c2cnn3C2O[C@H](CO)[C@@H](O)[C@H]2O)cc1. The van der Waals surface area contributed by atoms with Crippen LogP contribution in [0, 0.1) is 0 Å². The molecule has 1 saturated heterocycles. The Balaban J connectivity index is 1.47. The Hall–Kier alpha value is -2.50. The predicted molar refractivity (Wildman–Crippen MR) is 111 cm³/mol. The average Bonchev–Trinajstić information content (AvgIpc) is 3.33. The molecule has 0 aliphatic carbocycles. The quantitative estimate of drug-likeness (QED) is 0.375. The molecular formula is C20H22N4O5S. The standard InChI is InChI=1S/C20H22N4O5S/c1-28-13-6-4-12(5-7-13)3-2-8-30-19-14-9-23-24(18(14)21-11-22-19)20-17(27)16(26)15(10-25)29-20/h2-7,9,11,15-17,20,25-27H,8,10H2,1H3/b3-2+/t15-,16-,17-,20?/m1/s1. The largest absolute Gasteiger partial charge is 0.497 e. The highest BCUT2D eigenvalue weighted by Crippen LogP contribution is 2.32. The third kappa shape index (κ3) is 4.05. The summed E-state index contributed by atoms with van der Waals surface area (Å²) in [6.07, 6.45) is 2.88. The van der Waals surface area contributed by atoms with Crippen LogP contribution in [0.2, 0.25) is 0 Å². The second kappa shape index (κ2) is 9.11. The summed E-state index contributed by atoms with van der Waals surface area (Å²) in [5, 5.41) is 35.3. The van der Waals surface area contributed by atoms with Crippen molar-refractivity contribution in [1.29, 1.82) is 0 Å². The van der Waals surface area contributed by atoms with Crippen LogP contribution in [-0.4, -0.2) is 72.8 Å². The number of methoxy groups -OCH3 is 1. The summed E-state index contributed by atoms with van der Waals surface area (Å²) in [7, 11) is 1.64. The molecule has 9 nitrogen and oxygen atoms in total. The highest BCUT2D eigenvalue weighted by atomic mass is 32.2. The van der Waals surface area contributed by atoms with Gasteiger partial charge in [0.15, 0.2) is 11.9 Å². The number of rotatable bonds is 7. The summed E-state index contributed by atoms with van der Waals surface area (Å²) < 4.78 is 12.1. The van der Waals surface area contributed by atoms with E-state index in [1.165, 1.54) is 22.8 Å². The lowest BCUT2D eigenvalue weighted by atomic mass is 10.1. The third-order valence-electron chi connectivity index (χ3n) is 4.86. The smallest absolute Gasteiger partial charge is 0.181 e. The summed E-state index contributed by atoms with van der Waals surface area (Å²) in [5.41, 5.74) is 1.56. The highest BCUT2D eigenvalue weighted by Gasteiger charge is 2.44. The molecule has 3 N–H and O–H groups in total. The van der Waals surface area contributed by atoms with Crippen LogP contribution in [0.25, 0.3) is 17.1 Å². The molecule has 1 fully saturated rings. The van der Waals surface area contributed by atoms with Crippen LogP contribution in [0.5, 0.6) is 5.75 Å². The minimum absolute atomic E-state index is 0.398. The minimum Gasteiger partial charge on any atom is -0.497 e.